The van der Waals surface area contributed by atoms with Crippen molar-refractivity contribution in [3.8, 4) is 0 Å². The van der Waals surface area contributed by atoms with Crippen molar-refractivity contribution in [3.63, 3.8) is 0 Å². The summed E-state index contributed by atoms with van der Waals surface area (Å²) in [5.41, 5.74) is 0.988. The van der Waals surface area contributed by atoms with Crippen LogP contribution in [0.3, 0.4) is 0 Å². The van der Waals surface area contributed by atoms with Gasteiger partial charge in [-0.25, -0.2) is 0 Å². The molecule has 1 aromatic carbocycles. The normalized spacial score (nSPS) is 22.3. The van der Waals surface area contributed by atoms with Gasteiger partial charge in [-0.1, -0.05) is 30.3 Å². The van der Waals surface area contributed by atoms with Crippen molar-refractivity contribution in [2.24, 2.45) is 5.92 Å². The number of hydrogen-bond acceptors (Lipinski definition) is 3. The van der Waals surface area contributed by atoms with E-state index in [1.807, 2.05) is 30.3 Å². The Balaban J connectivity index is 1.67. The van der Waals surface area contributed by atoms with Crippen LogP contribution in [-0.2, 0) is 0 Å². The van der Waals surface area contributed by atoms with Gasteiger partial charge in [-0.15, -0.1) is 0 Å². The molecule has 1 fully saturated rings. The zero-order valence-corrected chi connectivity index (χ0v) is 10.2. The molecule has 0 amide bonds. The van der Waals surface area contributed by atoms with Crippen LogP contribution in [0.15, 0.2) is 30.3 Å². The van der Waals surface area contributed by atoms with Crippen LogP contribution >= 0.6 is 0 Å². The van der Waals surface area contributed by atoms with Gasteiger partial charge in [-0.3, -0.25) is 0 Å². The average molecular weight is 234 g/mol. The maximum atomic E-state index is 9.97. The van der Waals surface area contributed by atoms with Crippen molar-refractivity contribution in [2.75, 3.05) is 26.2 Å². The van der Waals surface area contributed by atoms with E-state index < -0.39 is 6.10 Å². The molecule has 0 saturated carbocycles. The van der Waals surface area contributed by atoms with Gasteiger partial charge in [-0.2, -0.15) is 0 Å². The molecule has 2 atom stereocenters. The van der Waals surface area contributed by atoms with Crippen molar-refractivity contribution in [1.29, 1.82) is 0 Å². The first-order valence-corrected chi connectivity index (χ1v) is 6.50. The summed E-state index contributed by atoms with van der Waals surface area (Å²) >= 11 is 0. The van der Waals surface area contributed by atoms with Crippen LogP contribution in [0.1, 0.15) is 24.5 Å². The van der Waals surface area contributed by atoms with E-state index in [-0.39, 0.29) is 0 Å². The number of piperidine rings is 1. The van der Waals surface area contributed by atoms with Gasteiger partial charge in [0.25, 0.3) is 0 Å². The lowest BCUT2D eigenvalue weighted by molar-refractivity contribution is 0.171. The van der Waals surface area contributed by atoms with E-state index in [1.54, 1.807) is 0 Å². The highest BCUT2D eigenvalue weighted by Crippen LogP contribution is 2.12. The molecule has 1 aliphatic heterocycles. The molecule has 2 unspecified atom stereocenters. The molecule has 0 aromatic heterocycles. The fourth-order valence-corrected chi connectivity index (χ4v) is 2.32. The third-order valence-electron chi connectivity index (χ3n) is 3.35. The van der Waals surface area contributed by atoms with E-state index in [4.69, 9.17) is 0 Å². The van der Waals surface area contributed by atoms with Gasteiger partial charge in [0.2, 0.25) is 0 Å². The molecule has 3 heteroatoms. The molecule has 94 valence electrons. The van der Waals surface area contributed by atoms with Gasteiger partial charge in [0.05, 0.1) is 6.10 Å². The van der Waals surface area contributed by atoms with Crippen molar-refractivity contribution in [3.05, 3.63) is 35.9 Å². The number of hydrogen-bond donors (Lipinski definition) is 3. The lowest BCUT2D eigenvalue weighted by atomic mass is 9.99. The van der Waals surface area contributed by atoms with Gasteiger partial charge in [-0.05, 0) is 44.0 Å². The Morgan fingerprint density at radius 1 is 1.35 bits per heavy atom. The minimum absolute atomic E-state index is 0.396. The summed E-state index contributed by atoms with van der Waals surface area (Å²) in [6, 6.07) is 9.83. The van der Waals surface area contributed by atoms with Gasteiger partial charge in [0, 0.05) is 6.54 Å². The second-order valence-corrected chi connectivity index (χ2v) is 4.80. The Hall–Kier alpha value is -0.900. The molecule has 3 nitrogen and oxygen atoms in total. The molecule has 1 heterocycles. The molecule has 1 saturated heterocycles. The zero-order valence-electron chi connectivity index (χ0n) is 10.2. The van der Waals surface area contributed by atoms with E-state index >= 15 is 0 Å². The Morgan fingerprint density at radius 2 is 2.18 bits per heavy atom. The van der Waals surface area contributed by atoms with Crippen molar-refractivity contribution < 1.29 is 5.11 Å². The van der Waals surface area contributed by atoms with Crippen LogP contribution in [0.2, 0.25) is 0 Å². The molecule has 17 heavy (non-hydrogen) atoms. The van der Waals surface area contributed by atoms with Gasteiger partial charge in [0.1, 0.15) is 0 Å². The highest BCUT2D eigenvalue weighted by molar-refractivity contribution is 5.17. The maximum Gasteiger partial charge on any atom is 0.0914 e. The minimum Gasteiger partial charge on any atom is -0.387 e. The molecular formula is C14H22N2O. The number of nitrogens with one attached hydrogen (secondary N) is 2. The Labute approximate surface area is 103 Å². The quantitative estimate of drug-likeness (QED) is 0.720. The first kappa shape index (κ1) is 12.6. The first-order valence-electron chi connectivity index (χ1n) is 6.50. The summed E-state index contributed by atoms with van der Waals surface area (Å²) in [7, 11) is 0. The fourth-order valence-electron chi connectivity index (χ4n) is 2.32. The van der Waals surface area contributed by atoms with Crippen molar-refractivity contribution >= 4 is 0 Å². The van der Waals surface area contributed by atoms with E-state index in [2.05, 4.69) is 10.6 Å². The van der Waals surface area contributed by atoms with Gasteiger partial charge in [0.15, 0.2) is 0 Å². The minimum atomic E-state index is -0.396. The van der Waals surface area contributed by atoms with Crippen LogP contribution in [0.5, 0.6) is 0 Å². The van der Waals surface area contributed by atoms with Gasteiger partial charge >= 0.3 is 0 Å². The monoisotopic (exact) mass is 234 g/mol. The summed E-state index contributed by atoms with van der Waals surface area (Å²) in [5, 5.41) is 16.7. The van der Waals surface area contributed by atoms with E-state index in [1.165, 1.54) is 12.8 Å². The fraction of sp³-hybridized carbons (Fsp3) is 0.571. The summed E-state index contributed by atoms with van der Waals surface area (Å²) in [6.45, 7) is 3.90. The second-order valence-electron chi connectivity index (χ2n) is 4.80. The van der Waals surface area contributed by atoms with Gasteiger partial charge < -0.3 is 15.7 Å². The molecule has 2 rings (SSSR count). The summed E-state index contributed by atoms with van der Waals surface area (Å²) in [5.74, 6) is 0.715. The Morgan fingerprint density at radius 3 is 2.88 bits per heavy atom. The molecule has 0 aliphatic carbocycles. The standard InChI is InChI=1S/C14H22N2O/c17-14(13-6-2-1-3-7-13)11-16-10-12-5-4-8-15-9-12/h1-3,6-7,12,14-17H,4-5,8-11H2. The van der Waals surface area contributed by atoms with E-state index in [0.717, 1.165) is 25.2 Å². The lowest BCUT2D eigenvalue weighted by Gasteiger charge is -2.23. The summed E-state index contributed by atoms with van der Waals surface area (Å²) in [6.07, 6.45) is 2.17. The third-order valence-corrected chi connectivity index (χ3v) is 3.35. The summed E-state index contributed by atoms with van der Waals surface area (Å²) < 4.78 is 0. The number of rotatable bonds is 5. The predicted octanol–water partition coefficient (Wildman–Crippen LogP) is 1.31. The van der Waals surface area contributed by atoms with Crippen LogP contribution in [0.4, 0.5) is 0 Å². The zero-order chi connectivity index (χ0) is 11.9. The van der Waals surface area contributed by atoms with Crippen LogP contribution < -0.4 is 10.6 Å². The van der Waals surface area contributed by atoms with Crippen LogP contribution in [-0.4, -0.2) is 31.3 Å². The topological polar surface area (TPSA) is 44.3 Å². The van der Waals surface area contributed by atoms with Crippen molar-refractivity contribution in [2.45, 2.75) is 18.9 Å². The summed E-state index contributed by atoms with van der Waals surface area (Å²) in [4.78, 5) is 0. The van der Waals surface area contributed by atoms with E-state index in [9.17, 15) is 5.11 Å². The first-order chi connectivity index (χ1) is 8.36. The predicted molar refractivity (Wildman–Crippen MR) is 69.9 cm³/mol. The molecule has 1 aliphatic rings. The SMILES string of the molecule is OC(CNCC1CCCNC1)c1ccccc1. The van der Waals surface area contributed by atoms with Crippen LogP contribution in [0.25, 0.3) is 0 Å². The largest absolute Gasteiger partial charge is 0.387 e. The van der Waals surface area contributed by atoms with E-state index in [0.29, 0.717) is 12.5 Å². The molecule has 0 radical (unpaired) electrons. The Bertz CT molecular complexity index is 309. The lowest BCUT2D eigenvalue weighted by Crippen LogP contribution is -2.37. The molecule has 3 N–H and O–H groups in total. The smallest absolute Gasteiger partial charge is 0.0914 e. The highest BCUT2D eigenvalue weighted by Gasteiger charge is 2.13. The molecule has 0 spiro atoms. The molecular weight excluding hydrogens is 212 g/mol. The second kappa shape index (κ2) is 6.74. The maximum absolute atomic E-state index is 9.97. The number of aliphatic hydroxyl groups excluding tert-OH is 1. The number of aliphatic hydroxyl groups is 1. The molecule has 0 bridgehead atoms. The average Bonchev–Trinajstić information content (AvgIpc) is 2.41. The Kier molecular flexibility index (Phi) is 4.98. The molecule has 1 aromatic rings. The number of benzene rings is 1. The van der Waals surface area contributed by atoms with Crippen molar-refractivity contribution in [1.82, 2.24) is 10.6 Å². The highest BCUT2D eigenvalue weighted by atomic mass is 16.3. The van der Waals surface area contributed by atoms with Crippen LogP contribution in [0, 0.1) is 5.92 Å². The third kappa shape index (κ3) is 4.11.